The monoisotopic (exact) mass is 1210 g/mol. The summed E-state index contributed by atoms with van der Waals surface area (Å²) >= 11 is 5.87. The number of cyclic esters (lactones) is 1. The normalized spacial score (nSPS) is 24.5. The standard InChI is InChI=1S/C51H88ClN13O18/c1-4-6-7-8-9-10-11-12-13-16-28(67)23-36(69)57-34-26-83-51(82)39(35(68)25-52)64-50(81)40(41(72)42(56)73)65-43(74)29(5-2)58-49(80)38(27(3)66)63-46(77)32(19-22-55)60-44(75)30(17-14-15-20-53)59-47(78)33(24-37(70)71)62-45(76)31(18-21-54)61-48(34)79/h5,27-28,30-35,38-41,66-68,72H,4,6-26,53-55H2,1-3H3,(H2,56,73)(H,57,69)(H,58,80)(H,59,78)(H,60,75)(H,61,79)(H,62,76)(H,63,77)(H,64,81)(H,65,74)(H,70,71)/b29-5+/t27-,28+,30-,31+,32-,33-,34-,35+,38-,39-,40-,41-/m0/s1. The molecule has 472 valence electrons. The number of alkyl halides is 1. The number of esters is 1. The van der Waals surface area contributed by atoms with E-state index in [0.717, 1.165) is 64.4 Å². The number of carboxylic acid groups (broad SMARTS) is 1. The van der Waals surface area contributed by atoms with Gasteiger partial charge in [-0.15, -0.1) is 11.6 Å². The van der Waals surface area contributed by atoms with E-state index < -0.39 is 181 Å². The number of nitrogens with two attached hydrogens (primary N) is 4. The van der Waals surface area contributed by atoms with Crippen molar-refractivity contribution in [1.82, 2.24) is 47.9 Å². The molecular formula is C51H88ClN13O18. The first kappa shape index (κ1) is 74.4. The largest absolute Gasteiger partial charge is 0.481 e. The zero-order valence-electron chi connectivity index (χ0n) is 47.3. The fraction of sp³-hybridized carbons (Fsp3) is 0.725. The van der Waals surface area contributed by atoms with Crippen molar-refractivity contribution in [3.63, 3.8) is 0 Å². The zero-order valence-corrected chi connectivity index (χ0v) is 48.0. The van der Waals surface area contributed by atoms with Crippen LogP contribution in [0.4, 0.5) is 0 Å². The number of primary amides is 1. The third-order valence-corrected chi connectivity index (χ3v) is 13.3. The molecule has 1 aliphatic heterocycles. The Kier molecular flexibility index (Phi) is 36.4. The Balaban J connectivity index is 4.01. The van der Waals surface area contributed by atoms with E-state index in [1.807, 2.05) is 10.6 Å². The molecule has 0 saturated carbocycles. The molecule has 0 aliphatic carbocycles. The summed E-state index contributed by atoms with van der Waals surface area (Å²) in [5.74, 6) is -17.0. The number of halogens is 1. The van der Waals surface area contributed by atoms with Gasteiger partial charge in [0.25, 0.3) is 5.91 Å². The van der Waals surface area contributed by atoms with Crippen LogP contribution in [0.1, 0.15) is 130 Å². The molecule has 0 bridgehead atoms. The molecule has 1 aliphatic rings. The minimum absolute atomic E-state index is 0.128. The van der Waals surface area contributed by atoms with Gasteiger partial charge in [-0.25, -0.2) is 4.79 Å². The van der Waals surface area contributed by atoms with Gasteiger partial charge in [-0.1, -0.05) is 70.8 Å². The van der Waals surface area contributed by atoms with Gasteiger partial charge in [0.05, 0.1) is 37.0 Å². The van der Waals surface area contributed by atoms with E-state index in [1.165, 1.54) is 6.92 Å². The van der Waals surface area contributed by atoms with Gasteiger partial charge >= 0.3 is 11.9 Å². The molecule has 0 aromatic carbocycles. The molecule has 0 aromatic rings. The average molecular weight is 1210 g/mol. The van der Waals surface area contributed by atoms with Crippen LogP contribution in [0.5, 0.6) is 0 Å². The Labute approximate surface area is 486 Å². The van der Waals surface area contributed by atoms with Crippen molar-refractivity contribution in [2.45, 2.75) is 203 Å². The number of hydrogen-bond acceptors (Lipinski definition) is 20. The molecule has 0 aromatic heterocycles. The van der Waals surface area contributed by atoms with Crippen LogP contribution < -0.4 is 70.8 Å². The molecule has 1 heterocycles. The number of aliphatic hydroxyl groups excluding tert-OH is 4. The lowest BCUT2D eigenvalue weighted by Gasteiger charge is -2.29. The smallest absolute Gasteiger partial charge is 0.331 e. The highest BCUT2D eigenvalue weighted by molar-refractivity contribution is 6.18. The number of ether oxygens (including phenoxy) is 1. The van der Waals surface area contributed by atoms with Crippen LogP contribution >= 0.6 is 11.6 Å². The number of unbranched alkanes of at least 4 members (excludes halogenated alkanes) is 9. The molecule has 0 radical (unpaired) electrons. The maximum Gasteiger partial charge on any atom is 0.331 e. The highest BCUT2D eigenvalue weighted by Crippen LogP contribution is 2.14. The van der Waals surface area contributed by atoms with Crippen LogP contribution in [0.2, 0.25) is 0 Å². The second kappa shape index (κ2) is 40.6. The Morgan fingerprint density at radius 2 is 1.14 bits per heavy atom. The first-order valence-electron chi connectivity index (χ1n) is 27.8. The second-order valence-electron chi connectivity index (χ2n) is 19.9. The molecule has 83 heavy (non-hydrogen) atoms. The van der Waals surface area contributed by atoms with Crippen molar-refractivity contribution in [3.05, 3.63) is 11.8 Å². The van der Waals surface area contributed by atoms with Crippen molar-refractivity contribution in [1.29, 1.82) is 0 Å². The summed E-state index contributed by atoms with van der Waals surface area (Å²) in [5, 5.41) is 72.8. The number of hydrogen-bond donors (Lipinski definition) is 18. The van der Waals surface area contributed by atoms with Crippen molar-refractivity contribution < 1.29 is 87.8 Å². The van der Waals surface area contributed by atoms with E-state index in [-0.39, 0.29) is 45.3 Å². The summed E-state index contributed by atoms with van der Waals surface area (Å²) in [6, 6.07) is -15.6. The van der Waals surface area contributed by atoms with E-state index in [9.17, 15) is 83.1 Å². The number of carboxylic acids is 1. The van der Waals surface area contributed by atoms with Crippen molar-refractivity contribution >= 4 is 82.6 Å². The third kappa shape index (κ3) is 28.0. The Bertz CT molecular complexity index is 2190. The molecule has 22 N–H and O–H groups in total. The lowest BCUT2D eigenvalue weighted by atomic mass is 10.0. The number of aliphatic carboxylic acids is 1. The van der Waals surface area contributed by atoms with Gasteiger partial charge in [-0.3, -0.25) is 52.7 Å². The summed E-state index contributed by atoms with van der Waals surface area (Å²) < 4.78 is 5.30. The summed E-state index contributed by atoms with van der Waals surface area (Å²) in [4.78, 5) is 163. The van der Waals surface area contributed by atoms with Gasteiger partial charge in [-0.05, 0) is 72.0 Å². The Hall–Kier alpha value is -6.61. The minimum Gasteiger partial charge on any atom is -0.481 e. The van der Waals surface area contributed by atoms with E-state index in [1.54, 1.807) is 0 Å². The predicted molar refractivity (Wildman–Crippen MR) is 297 cm³/mol. The molecule has 0 unspecified atom stereocenters. The SMILES string of the molecule is C/C=C1/NC(=O)[C@H]([C@H](C)O)NC(=O)[C@H](CCN)NC(=O)[C@H](CCCCN)NC(=O)[C@H](CC(=O)O)NC(=O)[C@@H](CCN)NC(=O)[C@@H](NC(=O)C[C@H](O)CCCCCCCCCCC)COC(=O)[C@H]([C@H](O)CCl)NC(=O)[C@H]([C@H](O)C(N)=O)NC1=O. The third-order valence-electron chi connectivity index (χ3n) is 13.0. The molecule has 1 saturated heterocycles. The molecule has 1 fully saturated rings. The van der Waals surface area contributed by atoms with E-state index >= 15 is 0 Å². The van der Waals surface area contributed by atoms with E-state index in [2.05, 4.69) is 44.1 Å². The molecule has 10 amide bonds. The number of allylic oxidation sites excluding steroid dienone is 1. The molecule has 31 nitrogen and oxygen atoms in total. The molecule has 1 rings (SSSR count). The van der Waals surface area contributed by atoms with Crippen LogP contribution in [0.15, 0.2) is 11.8 Å². The van der Waals surface area contributed by atoms with Gasteiger partial charge in [0.15, 0.2) is 12.1 Å². The van der Waals surface area contributed by atoms with E-state index in [0.29, 0.717) is 12.8 Å². The van der Waals surface area contributed by atoms with Crippen LogP contribution in [-0.4, -0.2) is 201 Å². The summed E-state index contributed by atoms with van der Waals surface area (Å²) in [6.45, 7) is 2.70. The first-order valence-corrected chi connectivity index (χ1v) is 28.3. The van der Waals surface area contributed by atoms with Crippen LogP contribution in [0, 0.1) is 0 Å². The zero-order chi connectivity index (χ0) is 62.8. The number of carbonyl (C=O) groups is 12. The maximum absolute atomic E-state index is 14.2. The molecule has 12 atom stereocenters. The number of carbonyl (C=O) groups excluding carboxylic acids is 11. The summed E-state index contributed by atoms with van der Waals surface area (Å²) in [6.07, 6.45) is 0.0570. The summed E-state index contributed by atoms with van der Waals surface area (Å²) in [5.41, 5.74) is 21.8. The van der Waals surface area contributed by atoms with E-state index in [4.69, 9.17) is 39.3 Å². The average Bonchev–Trinajstić information content (AvgIpc) is 3.52. The fourth-order valence-corrected chi connectivity index (χ4v) is 8.43. The van der Waals surface area contributed by atoms with Gasteiger partial charge < -0.3 is 101 Å². The Morgan fingerprint density at radius 3 is 1.65 bits per heavy atom. The number of nitrogens with one attached hydrogen (secondary N) is 9. The lowest BCUT2D eigenvalue weighted by Crippen LogP contribution is -2.62. The van der Waals surface area contributed by atoms with Crippen molar-refractivity contribution in [2.24, 2.45) is 22.9 Å². The van der Waals surface area contributed by atoms with Crippen LogP contribution in [0.25, 0.3) is 0 Å². The lowest BCUT2D eigenvalue weighted by molar-refractivity contribution is -0.154. The quantitative estimate of drug-likeness (QED) is 0.0150. The van der Waals surface area contributed by atoms with Crippen LogP contribution in [0.3, 0.4) is 0 Å². The second-order valence-corrected chi connectivity index (χ2v) is 20.2. The predicted octanol–water partition coefficient (Wildman–Crippen LogP) is -5.76. The molecule has 0 spiro atoms. The number of amides is 10. The topological polar surface area (TPSA) is 528 Å². The minimum atomic E-state index is -2.61. The highest BCUT2D eigenvalue weighted by Gasteiger charge is 2.40. The van der Waals surface area contributed by atoms with Crippen molar-refractivity contribution in [2.75, 3.05) is 32.1 Å². The Morgan fingerprint density at radius 1 is 0.639 bits per heavy atom. The first-order chi connectivity index (χ1) is 39.3. The maximum atomic E-state index is 14.2. The van der Waals surface area contributed by atoms with Gasteiger partial charge in [0.2, 0.25) is 53.2 Å². The summed E-state index contributed by atoms with van der Waals surface area (Å²) in [7, 11) is 0. The van der Waals surface area contributed by atoms with Gasteiger partial charge in [0, 0.05) is 0 Å². The number of rotatable bonds is 28. The van der Waals surface area contributed by atoms with Gasteiger partial charge in [0.1, 0.15) is 54.6 Å². The molecular weight excluding hydrogens is 1120 g/mol. The highest BCUT2D eigenvalue weighted by atomic mass is 35.5. The van der Waals surface area contributed by atoms with Crippen molar-refractivity contribution in [3.8, 4) is 0 Å². The fourth-order valence-electron chi connectivity index (χ4n) is 8.25. The number of aliphatic hydroxyl groups is 4. The van der Waals surface area contributed by atoms with Crippen LogP contribution in [-0.2, 0) is 62.3 Å². The van der Waals surface area contributed by atoms with Gasteiger partial charge in [-0.2, -0.15) is 0 Å². The molecule has 32 heteroatoms.